The third-order valence-corrected chi connectivity index (χ3v) is 7.17. The number of benzene rings is 1. The lowest BCUT2D eigenvalue weighted by atomic mass is 10.2. The Labute approximate surface area is 153 Å². The highest BCUT2D eigenvalue weighted by Crippen LogP contribution is 2.35. The lowest BCUT2D eigenvalue weighted by molar-refractivity contribution is -0.118. The Hall–Kier alpha value is -1.22. The van der Waals surface area contributed by atoms with Crippen molar-refractivity contribution in [3.05, 3.63) is 44.6 Å². The van der Waals surface area contributed by atoms with Crippen LogP contribution in [-0.2, 0) is 27.8 Å². The fraction of sp³-hybridized carbons (Fsp3) is 0.312. The minimum Gasteiger partial charge on any atom is -0.312 e. The molecule has 24 heavy (non-hydrogen) atoms. The summed E-state index contributed by atoms with van der Waals surface area (Å²) >= 11 is 4.86. The third kappa shape index (κ3) is 3.42. The molecular weight excluding hydrogens is 412 g/mol. The molecule has 1 aliphatic rings. The topological polar surface area (TPSA) is 66.5 Å². The summed E-state index contributed by atoms with van der Waals surface area (Å²) in [5.41, 5.74) is 1.68. The van der Waals surface area contributed by atoms with Gasteiger partial charge in [0.2, 0.25) is 15.9 Å². The maximum Gasteiger partial charge on any atom is 0.242 e. The van der Waals surface area contributed by atoms with Crippen LogP contribution in [0, 0.1) is 0 Å². The predicted molar refractivity (Wildman–Crippen MR) is 98.8 cm³/mol. The van der Waals surface area contributed by atoms with E-state index in [0.717, 1.165) is 16.9 Å². The predicted octanol–water partition coefficient (Wildman–Crippen LogP) is 3.29. The van der Waals surface area contributed by atoms with Crippen LogP contribution in [0.15, 0.2) is 39.0 Å². The number of thiophene rings is 1. The fourth-order valence-corrected chi connectivity index (χ4v) is 5.55. The van der Waals surface area contributed by atoms with Crippen molar-refractivity contribution in [1.82, 2.24) is 4.72 Å². The van der Waals surface area contributed by atoms with E-state index < -0.39 is 10.0 Å². The van der Waals surface area contributed by atoms with Gasteiger partial charge in [0.15, 0.2) is 0 Å². The van der Waals surface area contributed by atoms with E-state index in [0.29, 0.717) is 23.1 Å². The number of sulfonamides is 1. The zero-order valence-electron chi connectivity index (χ0n) is 13.1. The number of anilines is 1. The quantitative estimate of drug-likeness (QED) is 0.794. The van der Waals surface area contributed by atoms with Crippen molar-refractivity contribution in [3.63, 3.8) is 0 Å². The van der Waals surface area contributed by atoms with E-state index >= 15 is 0 Å². The van der Waals surface area contributed by atoms with Gasteiger partial charge >= 0.3 is 0 Å². The Kier molecular flexibility index (Phi) is 5.10. The minimum absolute atomic E-state index is 0.00552. The van der Waals surface area contributed by atoms with Crippen LogP contribution < -0.4 is 9.62 Å². The van der Waals surface area contributed by atoms with Gasteiger partial charge < -0.3 is 4.90 Å². The molecule has 128 valence electrons. The van der Waals surface area contributed by atoms with Crippen molar-refractivity contribution in [1.29, 1.82) is 0 Å². The molecule has 1 aromatic carbocycles. The van der Waals surface area contributed by atoms with Gasteiger partial charge in [-0.1, -0.05) is 13.0 Å². The molecule has 3 rings (SSSR count). The monoisotopic (exact) mass is 428 g/mol. The van der Waals surface area contributed by atoms with Gasteiger partial charge in [0.05, 0.1) is 4.90 Å². The molecule has 0 radical (unpaired) electrons. The van der Waals surface area contributed by atoms with E-state index in [4.69, 9.17) is 0 Å². The van der Waals surface area contributed by atoms with Crippen molar-refractivity contribution < 1.29 is 13.2 Å². The van der Waals surface area contributed by atoms with Gasteiger partial charge in [-0.2, -0.15) is 0 Å². The van der Waals surface area contributed by atoms with Crippen LogP contribution in [0.1, 0.15) is 23.8 Å². The van der Waals surface area contributed by atoms with Crippen LogP contribution in [0.5, 0.6) is 0 Å². The molecule has 0 aliphatic carbocycles. The molecular formula is C16H17BrN2O3S2. The number of amides is 1. The summed E-state index contributed by atoms with van der Waals surface area (Å²) in [6.45, 7) is 2.65. The molecule has 1 amide bonds. The summed E-state index contributed by atoms with van der Waals surface area (Å²) in [4.78, 5) is 14.8. The van der Waals surface area contributed by atoms with Crippen molar-refractivity contribution in [2.75, 3.05) is 11.4 Å². The van der Waals surface area contributed by atoms with Crippen LogP contribution in [-0.4, -0.2) is 20.9 Å². The van der Waals surface area contributed by atoms with E-state index in [9.17, 15) is 13.2 Å². The molecule has 0 atom stereocenters. The largest absolute Gasteiger partial charge is 0.312 e. The Morgan fingerprint density at radius 1 is 1.42 bits per heavy atom. The molecule has 0 spiro atoms. The maximum absolute atomic E-state index is 12.7. The molecule has 1 aromatic heterocycles. The average Bonchev–Trinajstić information content (AvgIpc) is 3.20. The van der Waals surface area contributed by atoms with Crippen molar-refractivity contribution in [2.45, 2.75) is 31.2 Å². The summed E-state index contributed by atoms with van der Waals surface area (Å²) in [7, 11) is -3.67. The zero-order chi connectivity index (χ0) is 17.3. The summed E-state index contributed by atoms with van der Waals surface area (Å²) in [6.07, 6.45) is 1.14. The van der Waals surface area contributed by atoms with Gasteiger partial charge in [0.1, 0.15) is 0 Å². The second-order valence-electron chi connectivity index (χ2n) is 5.46. The summed E-state index contributed by atoms with van der Waals surface area (Å²) < 4.78 is 28.4. The van der Waals surface area contributed by atoms with Gasteiger partial charge in [0, 0.05) is 34.5 Å². The number of carbonyl (C=O) groups is 1. The van der Waals surface area contributed by atoms with Crippen LogP contribution in [0.4, 0.5) is 5.69 Å². The minimum atomic E-state index is -3.67. The first-order valence-electron chi connectivity index (χ1n) is 7.57. The first-order chi connectivity index (χ1) is 11.4. The lowest BCUT2D eigenvalue weighted by Gasteiger charge is -2.18. The molecule has 0 bridgehead atoms. The third-order valence-electron chi connectivity index (χ3n) is 3.94. The van der Waals surface area contributed by atoms with E-state index in [1.54, 1.807) is 24.0 Å². The van der Waals surface area contributed by atoms with E-state index in [1.807, 2.05) is 17.5 Å². The number of carbonyl (C=O) groups excluding carboxylic acids is 1. The Morgan fingerprint density at radius 2 is 2.21 bits per heavy atom. The van der Waals surface area contributed by atoms with Crippen LogP contribution >= 0.6 is 27.3 Å². The Morgan fingerprint density at radius 3 is 2.88 bits per heavy atom. The number of nitrogens with one attached hydrogen (secondary N) is 1. The number of hydrogen-bond donors (Lipinski definition) is 1. The summed E-state index contributed by atoms with van der Waals surface area (Å²) in [6, 6.07) is 7.16. The number of halogens is 1. The smallest absolute Gasteiger partial charge is 0.242 e. The fourth-order valence-electron chi connectivity index (χ4n) is 2.70. The molecule has 2 heterocycles. The second kappa shape index (κ2) is 6.95. The summed E-state index contributed by atoms with van der Waals surface area (Å²) in [5, 5.41) is 1.91. The van der Waals surface area contributed by atoms with Gasteiger partial charge in [-0.25, -0.2) is 13.1 Å². The molecule has 1 aliphatic heterocycles. The van der Waals surface area contributed by atoms with Gasteiger partial charge in [0.25, 0.3) is 0 Å². The van der Waals surface area contributed by atoms with Gasteiger partial charge in [-0.05, 0) is 51.5 Å². The molecule has 0 saturated heterocycles. The van der Waals surface area contributed by atoms with E-state index in [1.165, 1.54) is 11.3 Å². The van der Waals surface area contributed by atoms with Crippen molar-refractivity contribution in [3.8, 4) is 0 Å². The standard InChI is InChI=1S/C16H17BrN2O3S2/c1-2-16(20)19-6-5-11-8-13(17)15(9-14(11)19)24(21,22)18-10-12-4-3-7-23-12/h3-4,7-9,18H,2,5-6,10H2,1H3. The highest BCUT2D eigenvalue weighted by Gasteiger charge is 2.28. The van der Waals surface area contributed by atoms with Gasteiger partial charge in [-0.15, -0.1) is 11.3 Å². The first-order valence-corrected chi connectivity index (χ1v) is 10.7. The normalized spacial score (nSPS) is 14.0. The van der Waals surface area contributed by atoms with Gasteiger partial charge in [-0.3, -0.25) is 4.79 Å². The van der Waals surface area contributed by atoms with Crippen molar-refractivity contribution in [2.24, 2.45) is 0 Å². The Balaban J connectivity index is 1.92. The van der Waals surface area contributed by atoms with E-state index in [-0.39, 0.29) is 17.3 Å². The molecule has 1 N–H and O–H groups in total. The van der Waals surface area contributed by atoms with Crippen molar-refractivity contribution >= 4 is 48.9 Å². The van der Waals surface area contributed by atoms with Crippen LogP contribution in [0.25, 0.3) is 0 Å². The van der Waals surface area contributed by atoms with E-state index in [2.05, 4.69) is 20.7 Å². The molecule has 5 nitrogen and oxygen atoms in total. The number of nitrogens with zero attached hydrogens (tertiary/aromatic N) is 1. The average molecular weight is 429 g/mol. The first kappa shape index (κ1) is 17.6. The molecule has 0 unspecified atom stereocenters. The molecule has 0 fully saturated rings. The molecule has 2 aromatic rings. The lowest BCUT2D eigenvalue weighted by Crippen LogP contribution is -2.28. The second-order valence-corrected chi connectivity index (χ2v) is 9.09. The molecule has 0 saturated carbocycles. The highest BCUT2D eigenvalue weighted by atomic mass is 79.9. The zero-order valence-corrected chi connectivity index (χ0v) is 16.3. The Bertz CT molecular complexity index is 864. The SMILES string of the molecule is CCC(=O)N1CCc2cc(Br)c(S(=O)(=O)NCc3cccs3)cc21. The summed E-state index contributed by atoms with van der Waals surface area (Å²) in [5.74, 6) is 0.00552. The van der Waals surface area contributed by atoms with Crippen LogP contribution in [0.3, 0.4) is 0 Å². The highest BCUT2D eigenvalue weighted by molar-refractivity contribution is 9.10. The number of hydrogen-bond acceptors (Lipinski definition) is 4. The number of rotatable bonds is 5. The number of fused-ring (bicyclic) bond motifs is 1. The molecule has 8 heteroatoms. The van der Waals surface area contributed by atoms with Crippen LogP contribution in [0.2, 0.25) is 0 Å². The maximum atomic E-state index is 12.7.